The van der Waals surface area contributed by atoms with E-state index in [9.17, 15) is 0 Å². The molecule has 10 rings (SSSR count). The summed E-state index contributed by atoms with van der Waals surface area (Å²) in [4.78, 5) is 9.75. The van der Waals surface area contributed by atoms with Gasteiger partial charge in [-0.3, -0.25) is 0 Å². The van der Waals surface area contributed by atoms with Crippen molar-refractivity contribution in [3.05, 3.63) is 228 Å². The van der Waals surface area contributed by atoms with Crippen LogP contribution in [-0.2, 0) is 31.9 Å². The average Bonchev–Trinajstić information content (AvgIpc) is 3.81. The molecule has 1 aliphatic heterocycles. The smallest absolute Gasteiger partial charge is 0.345 e. The Kier molecular flexibility index (Phi) is 9.62. The molecule has 0 saturated carbocycles. The zero-order valence-electron chi connectivity index (χ0n) is 32.7. The molecule has 4 nitrogen and oxygen atoms in total. The van der Waals surface area contributed by atoms with Crippen molar-refractivity contribution in [1.82, 2.24) is 9.55 Å². The topological polar surface area (TPSA) is 24.3 Å². The van der Waals surface area contributed by atoms with E-state index in [0.29, 0.717) is 6.67 Å². The second kappa shape index (κ2) is 14.9. The number of nitrogens with zero attached hydrogens (tertiary/aromatic N) is 4. The molecule has 0 bridgehead atoms. The van der Waals surface area contributed by atoms with E-state index in [1.165, 1.54) is 16.6 Å². The third kappa shape index (κ3) is 6.15. The van der Waals surface area contributed by atoms with Gasteiger partial charge in [0.2, 0.25) is 0 Å². The summed E-state index contributed by atoms with van der Waals surface area (Å²) in [5.41, 5.74) is 11.4. The molecule has 0 N–H and O–H groups in total. The molecule has 284 valence electrons. The van der Waals surface area contributed by atoms with Crippen molar-refractivity contribution >= 4 is 44.6 Å². The van der Waals surface area contributed by atoms with Crippen LogP contribution in [0.5, 0.6) is 0 Å². The Morgan fingerprint density at radius 2 is 1.12 bits per heavy atom. The van der Waals surface area contributed by atoms with Gasteiger partial charge in [-0.15, -0.1) is 22.6 Å². The first-order valence-electron chi connectivity index (χ1n) is 19.7. The Morgan fingerprint density at radius 3 is 1.81 bits per heavy atom. The van der Waals surface area contributed by atoms with Crippen LogP contribution >= 0.6 is 0 Å². The van der Waals surface area contributed by atoms with E-state index in [1.807, 2.05) is 6.20 Å². The van der Waals surface area contributed by atoms with Crippen LogP contribution in [0, 0.1) is 12.1 Å². The number of rotatable bonds is 7. The minimum Gasteiger partial charge on any atom is -0.345 e. The minimum absolute atomic E-state index is 0. The maximum absolute atomic E-state index is 4.99. The molecule has 5 heteroatoms. The van der Waals surface area contributed by atoms with Crippen LogP contribution in [0.1, 0.15) is 48.6 Å². The zero-order valence-corrected chi connectivity index (χ0v) is 35.0. The van der Waals surface area contributed by atoms with Gasteiger partial charge in [0.05, 0.1) is 18.0 Å². The van der Waals surface area contributed by atoms with E-state index >= 15 is 0 Å². The van der Waals surface area contributed by atoms with E-state index in [1.54, 1.807) is 0 Å². The summed E-state index contributed by atoms with van der Waals surface area (Å²) in [5.74, 6) is 0.885. The molecule has 9 aromatic rings. The first-order chi connectivity index (χ1) is 27.9. The van der Waals surface area contributed by atoms with E-state index in [0.717, 1.165) is 61.6 Å². The second-order valence-corrected chi connectivity index (χ2v) is 15.9. The SMILES string of the molecule is CC(C)(C)c1ccnc(-n2c3[c-]c(C(c4[c-]c(N5CN(c6ccccc6)c6ccccc65)ccc4)(c4ccccc4)c4ccccc4)ccc3c3ccccc32)c1.[Pt+2]. The minimum atomic E-state index is -0.771. The number of hydrogen-bond donors (Lipinski definition) is 0. The summed E-state index contributed by atoms with van der Waals surface area (Å²) in [6.45, 7) is 7.42. The Balaban J connectivity index is 0.00000436. The summed E-state index contributed by atoms with van der Waals surface area (Å²) in [6.07, 6.45) is 1.94. The standard InChI is InChI=1S/C53H42N4.Pt/c1-52(2,3)40-32-33-54-51(36-40)57-47-27-14-13-26-45(47)46-31-30-42(35-50(46)57)53(38-18-7-4-8-19-38,39-20-9-5-10-21-39)41-22-17-25-44(34-41)56-37-55(43-23-11-6-12-24-43)48-28-15-16-29-49(48)56;/h4-33,36H,37H2,1-3H3;/q-2;+2. The maximum atomic E-state index is 4.99. The summed E-state index contributed by atoms with van der Waals surface area (Å²) in [7, 11) is 0. The largest absolute Gasteiger partial charge is 2.00 e. The van der Waals surface area contributed by atoms with Gasteiger partial charge in [-0.25, -0.2) is 4.98 Å². The molecule has 0 radical (unpaired) electrons. The Hall–Kier alpha value is -6.22. The molecule has 7 aromatic carbocycles. The monoisotopic (exact) mass is 929 g/mol. The molecule has 58 heavy (non-hydrogen) atoms. The van der Waals surface area contributed by atoms with Gasteiger partial charge in [0.15, 0.2) is 0 Å². The number of para-hydroxylation sites is 4. The molecule has 0 unspecified atom stereocenters. The van der Waals surface area contributed by atoms with Crippen molar-refractivity contribution in [1.29, 1.82) is 0 Å². The molecule has 2 aromatic heterocycles. The van der Waals surface area contributed by atoms with Gasteiger partial charge in [-0.1, -0.05) is 141 Å². The molecule has 0 atom stereocenters. The fourth-order valence-corrected chi connectivity index (χ4v) is 8.75. The van der Waals surface area contributed by atoms with Crippen molar-refractivity contribution in [3.63, 3.8) is 0 Å². The Labute approximate surface area is 355 Å². The second-order valence-electron chi connectivity index (χ2n) is 15.9. The summed E-state index contributed by atoms with van der Waals surface area (Å²) < 4.78 is 2.30. The summed E-state index contributed by atoms with van der Waals surface area (Å²) >= 11 is 0. The molecule has 0 spiro atoms. The van der Waals surface area contributed by atoms with Crippen molar-refractivity contribution in [2.24, 2.45) is 0 Å². The molecule has 3 heterocycles. The van der Waals surface area contributed by atoms with Crippen LogP contribution < -0.4 is 9.80 Å². The molecule has 0 fully saturated rings. The number of anilines is 4. The molecule has 0 aliphatic carbocycles. The van der Waals surface area contributed by atoms with Gasteiger partial charge in [0.1, 0.15) is 5.82 Å². The predicted octanol–water partition coefficient (Wildman–Crippen LogP) is 12.7. The number of fused-ring (bicyclic) bond motifs is 4. The van der Waals surface area contributed by atoms with Crippen molar-refractivity contribution in [2.45, 2.75) is 31.6 Å². The normalized spacial score (nSPS) is 12.8. The first-order valence-corrected chi connectivity index (χ1v) is 19.7. The third-order valence-electron chi connectivity index (χ3n) is 11.5. The van der Waals surface area contributed by atoms with Gasteiger partial charge in [-0.05, 0) is 70.0 Å². The summed E-state index contributed by atoms with van der Waals surface area (Å²) in [6, 6.07) is 73.3. The summed E-state index contributed by atoms with van der Waals surface area (Å²) in [5, 5.41) is 2.31. The van der Waals surface area contributed by atoms with E-state index in [-0.39, 0.29) is 26.5 Å². The van der Waals surface area contributed by atoms with Gasteiger partial charge in [0, 0.05) is 22.8 Å². The van der Waals surface area contributed by atoms with Crippen LogP contribution in [0.2, 0.25) is 0 Å². The number of hydrogen-bond acceptors (Lipinski definition) is 3. The van der Waals surface area contributed by atoms with Crippen molar-refractivity contribution in [3.8, 4) is 5.82 Å². The Bertz CT molecular complexity index is 2840. The molecule has 1 aliphatic rings. The first kappa shape index (κ1) is 37.4. The van der Waals surface area contributed by atoms with Crippen LogP contribution in [0.4, 0.5) is 22.7 Å². The van der Waals surface area contributed by atoms with E-state index in [4.69, 9.17) is 4.98 Å². The molecule has 0 saturated heterocycles. The van der Waals surface area contributed by atoms with Gasteiger partial charge in [-0.2, -0.15) is 36.4 Å². The van der Waals surface area contributed by atoms with Crippen molar-refractivity contribution < 1.29 is 21.1 Å². The number of aromatic nitrogens is 2. The fraction of sp³-hybridized carbons (Fsp3) is 0.113. The van der Waals surface area contributed by atoms with Gasteiger partial charge >= 0.3 is 21.1 Å². The predicted molar refractivity (Wildman–Crippen MR) is 235 cm³/mol. The number of benzene rings is 7. The van der Waals surface area contributed by atoms with Crippen molar-refractivity contribution in [2.75, 3.05) is 16.5 Å². The van der Waals surface area contributed by atoms with Crippen LogP contribution in [0.25, 0.3) is 27.6 Å². The van der Waals surface area contributed by atoms with E-state index < -0.39 is 5.41 Å². The van der Waals surface area contributed by atoms with Gasteiger partial charge in [0.25, 0.3) is 0 Å². The molecular weight excluding hydrogens is 888 g/mol. The zero-order chi connectivity index (χ0) is 38.6. The molecule has 0 amide bonds. The third-order valence-corrected chi connectivity index (χ3v) is 11.5. The van der Waals surface area contributed by atoms with Crippen LogP contribution in [0.3, 0.4) is 0 Å². The average molecular weight is 930 g/mol. The van der Waals surface area contributed by atoms with E-state index in [2.05, 4.69) is 229 Å². The van der Waals surface area contributed by atoms with Gasteiger partial charge < -0.3 is 14.4 Å². The van der Waals surface area contributed by atoms with Crippen LogP contribution in [-0.4, -0.2) is 16.2 Å². The molecular formula is C53H42N4Pt. The maximum Gasteiger partial charge on any atom is 2.00 e. The Morgan fingerprint density at radius 1 is 0.517 bits per heavy atom. The fourth-order valence-electron chi connectivity index (χ4n) is 8.75. The number of pyridine rings is 1. The quantitative estimate of drug-likeness (QED) is 0.118. The van der Waals surface area contributed by atoms with Crippen LogP contribution in [0.15, 0.2) is 188 Å².